The van der Waals surface area contributed by atoms with Crippen molar-refractivity contribution in [2.75, 3.05) is 11.5 Å². The molecule has 0 aromatic heterocycles. The van der Waals surface area contributed by atoms with Crippen molar-refractivity contribution in [2.45, 2.75) is 13.0 Å². The lowest BCUT2D eigenvalue weighted by molar-refractivity contribution is -0.124. The maximum absolute atomic E-state index is 12.0. The van der Waals surface area contributed by atoms with Gasteiger partial charge in [-0.2, -0.15) is 5.10 Å². The van der Waals surface area contributed by atoms with Crippen molar-refractivity contribution in [2.24, 2.45) is 11.0 Å². The second-order valence-corrected chi connectivity index (χ2v) is 8.38. The number of ether oxygens (including phenoxy) is 1. The number of hydrogen-bond donors (Lipinski definition) is 1. The highest BCUT2D eigenvalue weighted by atomic mass is 32.2. The Balaban J connectivity index is 1.59. The summed E-state index contributed by atoms with van der Waals surface area (Å²) in [5.41, 5.74) is 4.20. The number of benzene rings is 2. The molecule has 136 valence electrons. The first-order valence-corrected chi connectivity index (χ1v) is 10.1. The average Bonchev–Trinajstić information content (AvgIpc) is 3.02. The van der Waals surface area contributed by atoms with Gasteiger partial charge in [0.1, 0.15) is 12.4 Å². The molecule has 0 saturated carbocycles. The molecule has 1 saturated heterocycles. The van der Waals surface area contributed by atoms with E-state index < -0.39 is 15.8 Å². The van der Waals surface area contributed by atoms with Crippen molar-refractivity contribution < 1.29 is 17.9 Å². The van der Waals surface area contributed by atoms with Crippen LogP contribution in [-0.4, -0.2) is 32.0 Å². The summed E-state index contributed by atoms with van der Waals surface area (Å²) in [4.78, 5) is 12.0. The van der Waals surface area contributed by atoms with E-state index in [-0.39, 0.29) is 17.4 Å². The van der Waals surface area contributed by atoms with Crippen molar-refractivity contribution in [3.8, 4) is 5.75 Å². The van der Waals surface area contributed by atoms with Gasteiger partial charge in [-0.3, -0.25) is 4.79 Å². The Morgan fingerprint density at radius 1 is 1.15 bits per heavy atom. The molecular weight excluding hydrogens is 352 g/mol. The van der Waals surface area contributed by atoms with E-state index in [1.54, 1.807) is 0 Å². The normalized spacial score (nSPS) is 18.7. The van der Waals surface area contributed by atoms with Gasteiger partial charge in [-0.1, -0.05) is 42.5 Å². The van der Waals surface area contributed by atoms with Gasteiger partial charge in [-0.05, 0) is 24.1 Å². The number of sulfone groups is 1. The van der Waals surface area contributed by atoms with Gasteiger partial charge in [0.15, 0.2) is 9.84 Å². The zero-order valence-electron chi connectivity index (χ0n) is 14.2. The topological polar surface area (TPSA) is 84.8 Å². The lowest BCUT2D eigenvalue weighted by Crippen LogP contribution is -2.27. The van der Waals surface area contributed by atoms with Crippen LogP contribution in [0, 0.1) is 5.92 Å². The fraction of sp³-hybridized carbons (Fsp3) is 0.263. The largest absolute Gasteiger partial charge is 0.488 e. The Bertz CT molecular complexity index is 895. The molecule has 2 aromatic carbocycles. The number of rotatable bonds is 6. The zero-order chi connectivity index (χ0) is 18.4. The Labute approximate surface area is 152 Å². The van der Waals surface area contributed by atoms with Crippen LogP contribution < -0.4 is 10.2 Å². The van der Waals surface area contributed by atoms with E-state index in [0.29, 0.717) is 18.8 Å². The molecule has 2 aromatic rings. The molecule has 1 heterocycles. The van der Waals surface area contributed by atoms with Gasteiger partial charge in [0, 0.05) is 5.56 Å². The summed E-state index contributed by atoms with van der Waals surface area (Å²) in [6.07, 6.45) is 1.85. The summed E-state index contributed by atoms with van der Waals surface area (Å²) in [7, 11) is -3.09. The van der Waals surface area contributed by atoms with Crippen LogP contribution in [0.25, 0.3) is 0 Å². The molecule has 1 atom stereocenters. The van der Waals surface area contributed by atoms with Crippen LogP contribution in [0.1, 0.15) is 17.5 Å². The number of amides is 1. The predicted octanol–water partition coefficient (Wildman–Crippen LogP) is 2.15. The van der Waals surface area contributed by atoms with Crippen LogP contribution in [0.4, 0.5) is 0 Å². The number of carbonyl (C=O) groups excluding carboxylic acids is 1. The molecule has 1 N–H and O–H groups in total. The molecule has 1 amide bonds. The second-order valence-electron chi connectivity index (χ2n) is 6.15. The first-order valence-electron chi connectivity index (χ1n) is 8.32. The van der Waals surface area contributed by atoms with Crippen molar-refractivity contribution in [3.63, 3.8) is 0 Å². The maximum Gasteiger partial charge on any atom is 0.244 e. The molecular formula is C19H20N2O4S. The van der Waals surface area contributed by atoms with E-state index in [2.05, 4.69) is 10.5 Å². The van der Waals surface area contributed by atoms with Crippen molar-refractivity contribution in [1.82, 2.24) is 5.43 Å². The third-order valence-corrected chi connectivity index (χ3v) is 5.91. The quantitative estimate of drug-likeness (QED) is 0.622. The van der Waals surface area contributed by atoms with Gasteiger partial charge >= 0.3 is 0 Å². The van der Waals surface area contributed by atoms with Crippen LogP contribution in [0.5, 0.6) is 5.75 Å². The molecule has 1 aliphatic heterocycles. The zero-order valence-corrected chi connectivity index (χ0v) is 15.0. The average molecular weight is 372 g/mol. The van der Waals surface area contributed by atoms with Gasteiger partial charge in [-0.15, -0.1) is 0 Å². The van der Waals surface area contributed by atoms with Gasteiger partial charge < -0.3 is 4.74 Å². The highest BCUT2D eigenvalue weighted by Gasteiger charge is 2.32. The third-order valence-electron chi connectivity index (χ3n) is 4.14. The highest BCUT2D eigenvalue weighted by molar-refractivity contribution is 7.91. The standard InChI is InChI=1S/C19H20N2O4S/c22-19(17-10-11-26(23,24)14-17)21-20-12-16-8-4-5-9-18(16)25-13-15-6-2-1-3-7-15/h1-9,12,17H,10-11,13-14H2,(H,21,22)/b20-12-/t17-/m1/s1. The molecule has 0 radical (unpaired) electrons. The number of hydrazone groups is 1. The Morgan fingerprint density at radius 3 is 2.62 bits per heavy atom. The van der Waals surface area contributed by atoms with Gasteiger partial charge in [0.25, 0.3) is 0 Å². The van der Waals surface area contributed by atoms with Gasteiger partial charge in [0.2, 0.25) is 5.91 Å². The van der Waals surface area contributed by atoms with Crippen LogP contribution in [0.3, 0.4) is 0 Å². The molecule has 1 fully saturated rings. The molecule has 6 nitrogen and oxygen atoms in total. The van der Waals surface area contributed by atoms with E-state index in [1.807, 2.05) is 54.6 Å². The number of nitrogens with zero attached hydrogens (tertiary/aromatic N) is 1. The molecule has 0 bridgehead atoms. The minimum atomic E-state index is -3.09. The summed E-state index contributed by atoms with van der Waals surface area (Å²) in [5, 5.41) is 3.95. The minimum absolute atomic E-state index is 0.0605. The Kier molecular flexibility index (Phi) is 5.68. The lowest BCUT2D eigenvalue weighted by Gasteiger charge is -2.09. The van der Waals surface area contributed by atoms with Crippen LogP contribution in [0.15, 0.2) is 59.7 Å². The molecule has 1 aliphatic rings. The Hall–Kier alpha value is -2.67. The highest BCUT2D eigenvalue weighted by Crippen LogP contribution is 2.19. The number of carbonyl (C=O) groups is 1. The predicted molar refractivity (Wildman–Crippen MR) is 99.7 cm³/mol. The SMILES string of the molecule is O=C(N/N=C\c1ccccc1OCc1ccccc1)[C@@H]1CCS(=O)(=O)C1. The van der Waals surface area contributed by atoms with E-state index in [1.165, 1.54) is 6.21 Å². The van der Waals surface area contributed by atoms with E-state index in [0.717, 1.165) is 11.1 Å². The van der Waals surface area contributed by atoms with E-state index in [9.17, 15) is 13.2 Å². The monoisotopic (exact) mass is 372 g/mol. The fourth-order valence-electron chi connectivity index (χ4n) is 2.71. The molecule has 26 heavy (non-hydrogen) atoms. The molecule has 0 aliphatic carbocycles. The number of nitrogens with one attached hydrogen (secondary N) is 1. The van der Waals surface area contributed by atoms with E-state index in [4.69, 9.17) is 4.74 Å². The van der Waals surface area contributed by atoms with Crippen molar-refractivity contribution in [1.29, 1.82) is 0 Å². The van der Waals surface area contributed by atoms with Gasteiger partial charge in [0.05, 0.1) is 23.6 Å². The fourth-order valence-corrected chi connectivity index (χ4v) is 4.45. The summed E-state index contributed by atoms with van der Waals surface area (Å²) in [6, 6.07) is 17.2. The number of hydrogen-bond acceptors (Lipinski definition) is 5. The third kappa shape index (κ3) is 4.92. The van der Waals surface area contributed by atoms with Crippen molar-refractivity contribution in [3.05, 3.63) is 65.7 Å². The second kappa shape index (κ2) is 8.14. The summed E-state index contributed by atoms with van der Waals surface area (Å²) < 4.78 is 28.7. The van der Waals surface area contributed by atoms with Gasteiger partial charge in [-0.25, -0.2) is 13.8 Å². The van der Waals surface area contributed by atoms with Crippen LogP contribution >= 0.6 is 0 Å². The number of para-hydroxylation sites is 1. The maximum atomic E-state index is 12.0. The van der Waals surface area contributed by atoms with Crippen molar-refractivity contribution >= 4 is 22.0 Å². The first kappa shape index (κ1) is 18.1. The summed E-state index contributed by atoms with van der Waals surface area (Å²) in [5.74, 6) is -0.291. The van der Waals surface area contributed by atoms with Crippen LogP contribution in [0.2, 0.25) is 0 Å². The molecule has 3 rings (SSSR count). The first-order chi connectivity index (χ1) is 12.5. The Morgan fingerprint density at radius 2 is 1.88 bits per heavy atom. The van der Waals surface area contributed by atoms with E-state index >= 15 is 0 Å². The minimum Gasteiger partial charge on any atom is -0.488 e. The summed E-state index contributed by atoms with van der Waals surface area (Å²) >= 11 is 0. The molecule has 0 unspecified atom stereocenters. The smallest absolute Gasteiger partial charge is 0.244 e. The summed E-state index contributed by atoms with van der Waals surface area (Å²) in [6.45, 7) is 0.429. The lowest BCUT2D eigenvalue weighted by atomic mass is 10.1. The van der Waals surface area contributed by atoms with Crippen LogP contribution in [-0.2, 0) is 21.2 Å². The molecule has 0 spiro atoms. The molecule has 7 heteroatoms.